The molecule has 0 radical (unpaired) electrons. The SMILES string of the molecule is COC1CN(C(=O)N2CCCCCC2C(=O)O)CC1OC. The number of carbonyl (C=O) groups excluding carboxylic acids is 1. The van der Waals surface area contributed by atoms with E-state index >= 15 is 0 Å². The number of hydrogen-bond acceptors (Lipinski definition) is 4. The van der Waals surface area contributed by atoms with Crippen LogP contribution in [-0.2, 0) is 14.3 Å². The topological polar surface area (TPSA) is 79.3 Å². The Balaban J connectivity index is 2.08. The van der Waals surface area contributed by atoms with Crippen molar-refractivity contribution in [3.05, 3.63) is 0 Å². The second-order valence-corrected chi connectivity index (χ2v) is 5.63. The Kier molecular flexibility index (Phi) is 5.41. The summed E-state index contributed by atoms with van der Waals surface area (Å²) >= 11 is 0. The van der Waals surface area contributed by atoms with Crippen molar-refractivity contribution in [1.82, 2.24) is 9.80 Å². The predicted octanol–water partition coefficient (Wildman–Crippen LogP) is 0.781. The zero-order valence-electron chi connectivity index (χ0n) is 12.7. The fraction of sp³-hybridized carbons (Fsp3) is 0.857. The van der Waals surface area contributed by atoms with Crippen LogP contribution in [0.1, 0.15) is 25.7 Å². The average molecular weight is 300 g/mol. The Morgan fingerprint density at radius 3 is 2.19 bits per heavy atom. The van der Waals surface area contributed by atoms with Crippen LogP contribution in [0.3, 0.4) is 0 Å². The summed E-state index contributed by atoms with van der Waals surface area (Å²) in [4.78, 5) is 27.2. The minimum atomic E-state index is -0.920. The van der Waals surface area contributed by atoms with Crippen molar-refractivity contribution in [3.63, 3.8) is 0 Å². The maximum absolute atomic E-state index is 12.7. The van der Waals surface area contributed by atoms with Gasteiger partial charge in [0.2, 0.25) is 0 Å². The van der Waals surface area contributed by atoms with Gasteiger partial charge < -0.3 is 24.4 Å². The fourth-order valence-corrected chi connectivity index (χ4v) is 3.13. The molecule has 0 aromatic heterocycles. The molecule has 3 unspecified atom stereocenters. The minimum Gasteiger partial charge on any atom is -0.480 e. The summed E-state index contributed by atoms with van der Waals surface area (Å²) in [6.07, 6.45) is 2.88. The smallest absolute Gasteiger partial charge is 0.326 e. The monoisotopic (exact) mass is 300 g/mol. The molecule has 7 heteroatoms. The van der Waals surface area contributed by atoms with Gasteiger partial charge in [-0.15, -0.1) is 0 Å². The first kappa shape index (κ1) is 16.0. The van der Waals surface area contributed by atoms with E-state index < -0.39 is 12.0 Å². The van der Waals surface area contributed by atoms with E-state index in [1.54, 1.807) is 19.1 Å². The number of amides is 2. The summed E-state index contributed by atoms with van der Waals surface area (Å²) in [5.74, 6) is -0.920. The van der Waals surface area contributed by atoms with Gasteiger partial charge in [0.15, 0.2) is 0 Å². The molecule has 2 aliphatic heterocycles. The lowest BCUT2D eigenvalue weighted by atomic mass is 10.1. The number of rotatable bonds is 3. The molecule has 0 spiro atoms. The molecule has 2 heterocycles. The maximum atomic E-state index is 12.7. The number of nitrogens with zero attached hydrogens (tertiary/aromatic N) is 2. The second-order valence-electron chi connectivity index (χ2n) is 5.63. The van der Waals surface area contributed by atoms with Gasteiger partial charge in [0.1, 0.15) is 18.2 Å². The van der Waals surface area contributed by atoms with Gasteiger partial charge in [-0.25, -0.2) is 9.59 Å². The third-order valence-corrected chi connectivity index (χ3v) is 4.37. The summed E-state index contributed by atoms with van der Waals surface area (Å²) in [5.41, 5.74) is 0. The van der Waals surface area contributed by atoms with Crippen molar-refractivity contribution >= 4 is 12.0 Å². The highest BCUT2D eigenvalue weighted by Gasteiger charge is 2.40. The molecule has 0 aliphatic carbocycles. The minimum absolute atomic E-state index is 0.158. The molecule has 21 heavy (non-hydrogen) atoms. The fourth-order valence-electron chi connectivity index (χ4n) is 3.13. The van der Waals surface area contributed by atoms with Crippen molar-refractivity contribution in [3.8, 4) is 0 Å². The van der Waals surface area contributed by atoms with Crippen molar-refractivity contribution in [2.24, 2.45) is 0 Å². The molecule has 0 saturated carbocycles. The Bertz CT molecular complexity index is 378. The molecule has 3 atom stereocenters. The first-order valence-corrected chi connectivity index (χ1v) is 7.42. The van der Waals surface area contributed by atoms with Gasteiger partial charge >= 0.3 is 12.0 Å². The zero-order valence-corrected chi connectivity index (χ0v) is 12.7. The van der Waals surface area contributed by atoms with Crippen molar-refractivity contribution < 1.29 is 24.2 Å². The summed E-state index contributed by atoms with van der Waals surface area (Å²) < 4.78 is 10.7. The van der Waals surface area contributed by atoms with Crippen LogP contribution in [0.5, 0.6) is 0 Å². The van der Waals surface area contributed by atoms with E-state index in [9.17, 15) is 14.7 Å². The van der Waals surface area contributed by atoms with Crippen LogP contribution in [0.4, 0.5) is 4.79 Å². The number of methoxy groups -OCH3 is 2. The number of urea groups is 1. The lowest BCUT2D eigenvalue weighted by Crippen LogP contribution is -2.50. The molecular formula is C14H24N2O5. The van der Waals surface area contributed by atoms with Gasteiger partial charge in [-0.3, -0.25) is 0 Å². The lowest BCUT2D eigenvalue weighted by molar-refractivity contribution is -0.142. The average Bonchev–Trinajstić information content (AvgIpc) is 2.74. The van der Waals surface area contributed by atoms with Crippen LogP contribution in [-0.4, -0.2) is 79.0 Å². The van der Waals surface area contributed by atoms with E-state index in [0.717, 1.165) is 19.3 Å². The van der Waals surface area contributed by atoms with E-state index in [1.165, 1.54) is 4.90 Å². The molecule has 120 valence electrons. The van der Waals surface area contributed by atoms with Crippen molar-refractivity contribution in [2.45, 2.75) is 43.9 Å². The Morgan fingerprint density at radius 1 is 1.05 bits per heavy atom. The number of hydrogen-bond donors (Lipinski definition) is 1. The third-order valence-electron chi connectivity index (χ3n) is 4.37. The van der Waals surface area contributed by atoms with E-state index in [1.807, 2.05) is 0 Å². The van der Waals surface area contributed by atoms with Crippen LogP contribution < -0.4 is 0 Å². The molecule has 2 fully saturated rings. The Labute approximate surface area is 124 Å². The quantitative estimate of drug-likeness (QED) is 0.833. The van der Waals surface area contributed by atoms with Crippen LogP contribution in [0, 0.1) is 0 Å². The molecule has 0 aromatic carbocycles. The van der Waals surface area contributed by atoms with E-state index in [-0.39, 0.29) is 18.2 Å². The first-order chi connectivity index (χ1) is 10.1. The Hall–Kier alpha value is -1.34. The second kappa shape index (κ2) is 7.09. The number of aliphatic carboxylic acids is 1. The van der Waals surface area contributed by atoms with Crippen molar-refractivity contribution in [2.75, 3.05) is 33.9 Å². The number of ether oxygens (including phenoxy) is 2. The zero-order chi connectivity index (χ0) is 15.4. The highest BCUT2D eigenvalue weighted by molar-refractivity contribution is 5.83. The number of likely N-dealkylation sites (tertiary alicyclic amines) is 2. The van der Waals surface area contributed by atoms with Crippen LogP contribution in [0.15, 0.2) is 0 Å². The van der Waals surface area contributed by atoms with Gasteiger partial charge in [-0.05, 0) is 12.8 Å². The van der Waals surface area contributed by atoms with Crippen LogP contribution in [0.25, 0.3) is 0 Å². The van der Waals surface area contributed by atoms with Gasteiger partial charge in [-0.1, -0.05) is 12.8 Å². The van der Waals surface area contributed by atoms with Crippen LogP contribution in [0.2, 0.25) is 0 Å². The van der Waals surface area contributed by atoms with Gasteiger partial charge in [0, 0.05) is 20.8 Å². The lowest BCUT2D eigenvalue weighted by Gasteiger charge is -2.31. The molecule has 7 nitrogen and oxygen atoms in total. The summed E-state index contributed by atoms with van der Waals surface area (Å²) in [5, 5.41) is 9.36. The van der Waals surface area contributed by atoms with Crippen LogP contribution >= 0.6 is 0 Å². The van der Waals surface area contributed by atoms with E-state index in [0.29, 0.717) is 26.1 Å². The Morgan fingerprint density at radius 2 is 1.67 bits per heavy atom. The number of carboxylic acid groups (broad SMARTS) is 1. The first-order valence-electron chi connectivity index (χ1n) is 7.42. The molecule has 2 saturated heterocycles. The highest BCUT2D eigenvalue weighted by atomic mass is 16.5. The van der Waals surface area contributed by atoms with E-state index in [4.69, 9.17) is 9.47 Å². The molecule has 0 bridgehead atoms. The number of carboxylic acids is 1. The normalized spacial score (nSPS) is 30.3. The molecule has 1 N–H and O–H groups in total. The predicted molar refractivity (Wildman–Crippen MR) is 75.2 cm³/mol. The molecule has 2 amide bonds. The largest absolute Gasteiger partial charge is 0.480 e. The maximum Gasteiger partial charge on any atom is 0.326 e. The summed E-state index contributed by atoms with van der Waals surface area (Å²) in [6.45, 7) is 1.38. The standard InChI is InChI=1S/C14H24N2O5/c1-20-11-8-15(9-12(11)21-2)14(19)16-7-5-3-4-6-10(16)13(17)18/h10-12H,3-9H2,1-2H3,(H,17,18). The van der Waals surface area contributed by atoms with Gasteiger partial charge in [-0.2, -0.15) is 0 Å². The highest BCUT2D eigenvalue weighted by Crippen LogP contribution is 2.22. The van der Waals surface area contributed by atoms with Gasteiger partial charge in [0.05, 0.1) is 13.1 Å². The number of carbonyl (C=O) groups is 2. The molecule has 0 aromatic rings. The third kappa shape index (κ3) is 3.47. The van der Waals surface area contributed by atoms with E-state index in [2.05, 4.69) is 0 Å². The molecule has 2 aliphatic rings. The van der Waals surface area contributed by atoms with Crippen molar-refractivity contribution in [1.29, 1.82) is 0 Å². The molecular weight excluding hydrogens is 276 g/mol. The molecule has 2 rings (SSSR count). The van der Waals surface area contributed by atoms with Gasteiger partial charge in [0.25, 0.3) is 0 Å². The summed E-state index contributed by atoms with van der Waals surface area (Å²) in [7, 11) is 3.19. The summed E-state index contributed by atoms with van der Waals surface area (Å²) in [6, 6.07) is -0.937.